The summed E-state index contributed by atoms with van der Waals surface area (Å²) in [5.74, 6) is 0.769. The van der Waals surface area contributed by atoms with Gasteiger partial charge in [-0.2, -0.15) is 0 Å². The lowest BCUT2D eigenvalue weighted by molar-refractivity contribution is -0.141. The van der Waals surface area contributed by atoms with Crippen molar-refractivity contribution in [3.8, 4) is 17.2 Å². The van der Waals surface area contributed by atoms with Crippen LogP contribution in [0.25, 0.3) is 22.6 Å². The lowest BCUT2D eigenvalue weighted by atomic mass is 10.2. The zero-order valence-electron chi connectivity index (χ0n) is 12.6. The van der Waals surface area contributed by atoms with E-state index in [4.69, 9.17) is 13.9 Å². The first-order chi connectivity index (χ1) is 11.1. The van der Waals surface area contributed by atoms with Gasteiger partial charge in [0.05, 0.1) is 13.2 Å². The summed E-state index contributed by atoms with van der Waals surface area (Å²) in [4.78, 5) is 26.5. The molecule has 1 aromatic carbocycles. The molecule has 0 aromatic heterocycles. The fourth-order valence-corrected chi connectivity index (χ4v) is 2.14. The number of esters is 1. The number of hydrogen-bond acceptors (Lipinski definition) is 6. The number of carbonyl (C=O) groups excluding carboxylic acids is 1. The highest BCUT2D eigenvalue weighted by Gasteiger charge is 2.09. The molecule has 0 fully saturated rings. The van der Waals surface area contributed by atoms with Gasteiger partial charge in [0.25, 0.3) is 0 Å². The monoisotopic (exact) mass is 313 g/mol. The molecule has 3 rings (SSSR count). The fraction of sp³-hybridized carbons (Fsp3) is 0.235. The molecule has 0 N–H and O–H groups in total. The van der Waals surface area contributed by atoms with Crippen molar-refractivity contribution in [2.45, 2.75) is 13.3 Å². The Kier molecular flexibility index (Phi) is 4.23. The van der Waals surface area contributed by atoms with Crippen LogP contribution in [0.3, 0.4) is 0 Å². The van der Waals surface area contributed by atoms with Crippen molar-refractivity contribution in [3.05, 3.63) is 46.6 Å². The van der Waals surface area contributed by atoms with Gasteiger partial charge in [0.1, 0.15) is 17.0 Å². The minimum absolute atomic E-state index is 0.125. The molecule has 1 aliphatic heterocycles. The molecule has 23 heavy (non-hydrogen) atoms. The van der Waals surface area contributed by atoms with Crippen molar-refractivity contribution < 1.29 is 18.7 Å². The molecule has 0 saturated heterocycles. The average molecular weight is 313 g/mol. The second kappa shape index (κ2) is 6.48. The molecule has 1 heterocycles. The van der Waals surface area contributed by atoms with Gasteiger partial charge in [0.2, 0.25) is 0 Å². The Balaban J connectivity index is 1.76. The maximum Gasteiger partial charge on any atom is 0.302 e. The zero-order chi connectivity index (χ0) is 16.2. The summed E-state index contributed by atoms with van der Waals surface area (Å²) in [5.41, 5.74) is 1.73. The summed E-state index contributed by atoms with van der Waals surface area (Å²) >= 11 is 0. The van der Waals surface area contributed by atoms with Gasteiger partial charge in [-0.3, -0.25) is 9.59 Å². The number of aromatic nitrogens is 1. The number of hydrogen-bond donors (Lipinski definition) is 0. The van der Waals surface area contributed by atoms with E-state index in [1.165, 1.54) is 19.1 Å². The van der Waals surface area contributed by atoms with E-state index in [1.807, 2.05) is 0 Å². The maximum absolute atomic E-state index is 11.4. The van der Waals surface area contributed by atoms with E-state index < -0.39 is 0 Å². The predicted molar refractivity (Wildman–Crippen MR) is 83.6 cm³/mol. The normalized spacial score (nSPS) is 10.8. The number of rotatable bonds is 5. The Morgan fingerprint density at radius 2 is 2.04 bits per heavy atom. The largest absolute Gasteiger partial charge is 0.493 e. The average Bonchev–Trinajstić information content (AvgIpc) is 2.52. The quantitative estimate of drug-likeness (QED) is 0.409. The first-order valence-electron chi connectivity index (χ1n) is 7.23. The molecule has 2 aliphatic rings. The molecule has 118 valence electrons. The number of ether oxygens (including phenoxy) is 2. The molecular formula is C17H15NO5. The summed E-state index contributed by atoms with van der Waals surface area (Å²) < 4.78 is 16.1. The first kappa shape index (κ1) is 15.0. The summed E-state index contributed by atoms with van der Waals surface area (Å²) in [5, 5.41) is 0. The smallest absolute Gasteiger partial charge is 0.302 e. The molecule has 0 atom stereocenters. The zero-order valence-corrected chi connectivity index (χ0v) is 12.6. The van der Waals surface area contributed by atoms with E-state index >= 15 is 0 Å². The van der Waals surface area contributed by atoms with Crippen LogP contribution in [0.2, 0.25) is 0 Å². The van der Waals surface area contributed by atoms with Gasteiger partial charge in [0.15, 0.2) is 16.8 Å². The second-order valence-electron chi connectivity index (χ2n) is 5.01. The van der Waals surface area contributed by atoms with Gasteiger partial charge in [0, 0.05) is 25.5 Å². The lowest BCUT2D eigenvalue weighted by Gasteiger charge is -2.09. The molecule has 0 radical (unpaired) electrons. The van der Waals surface area contributed by atoms with E-state index in [0.717, 1.165) is 0 Å². The van der Waals surface area contributed by atoms with Crippen LogP contribution in [0.15, 0.2) is 45.6 Å². The van der Waals surface area contributed by atoms with Crippen molar-refractivity contribution in [2.75, 3.05) is 13.2 Å². The molecule has 0 spiro atoms. The van der Waals surface area contributed by atoms with Crippen LogP contribution in [0, 0.1) is 0 Å². The Bertz CT molecular complexity index is 870. The minimum Gasteiger partial charge on any atom is -0.493 e. The summed E-state index contributed by atoms with van der Waals surface area (Å²) in [6, 6.07) is 9.83. The Hall–Kier alpha value is -2.89. The lowest BCUT2D eigenvalue weighted by Crippen LogP contribution is -2.05. The van der Waals surface area contributed by atoms with E-state index in [0.29, 0.717) is 47.9 Å². The molecule has 0 amide bonds. The van der Waals surface area contributed by atoms with Crippen molar-refractivity contribution in [2.24, 2.45) is 0 Å². The third-order valence-corrected chi connectivity index (χ3v) is 3.19. The third-order valence-electron chi connectivity index (χ3n) is 3.19. The molecule has 0 bridgehead atoms. The van der Waals surface area contributed by atoms with Gasteiger partial charge in [-0.15, -0.1) is 0 Å². The van der Waals surface area contributed by atoms with E-state index in [1.54, 1.807) is 24.3 Å². The van der Waals surface area contributed by atoms with Crippen molar-refractivity contribution in [1.29, 1.82) is 0 Å². The van der Waals surface area contributed by atoms with Crippen LogP contribution in [-0.4, -0.2) is 24.2 Å². The number of nitrogens with zero attached hydrogens (tertiary/aromatic N) is 1. The Labute approximate surface area is 132 Å². The topological polar surface area (TPSA) is 78.6 Å². The Morgan fingerprint density at radius 3 is 2.87 bits per heavy atom. The summed E-state index contributed by atoms with van der Waals surface area (Å²) in [6.07, 6.45) is 0.601. The highest BCUT2D eigenvalue weighted by atomic mass is 16.5. The van der Waals surface area contributed by atoms with Crippen LogP contribution in [0.4, 0.5) is 0 Å². The van der Waals surface area contributed by atoms with Gasteiger partial charge in [-0.1, -0.05) is 0 Å². The molecule has 1 aliphatic carbocycles. The highest BCUT2D eigenvalue weighted by molar-refractivity contribution is 5.77. The van der Waals surface area contributed by atoms with Gasteiger partial charge < -0.3 is 13.9 Å². The molecular weight excluding hydrogens is 298 g/mol. The predicted octanol–water partition coefficient (Wildman–Crippen LogP) is 2.62. The molecule has 0 unspecified atom stereocenters. The van der Waals surface area contributed by atoms with Gasteiger partial charge >= 0.3 is 5.97 Å². The van der Waals surface area contributed by atoms with Gasteiger partial charge in [-0.25, -0.2) is 4.98 Å². The number of benzene rings is 2. The molecule has 0 saturated carbocycles. The van der Waals surface area contributed by atoms with Crippen LogP contribution < -0.4 is 10.2 Å². The molecule has 6 nitrogen and oxygen atoms in total. The van der Waals surface area contributed by atoms with E-state index in [-0.39, 0.29) is 11.4 Å². The minimum atomic E-state index is -0.301. The highest BCUT2D eigenvalue weighted by Crippen LogP contribution is 2.26. The number of fused-ring (bicyclic) bond motifs is 2. The maximum atomic E-state index is 11.4. The fourth-order valence-electron chi connectivity index (χ4n) is 2.14. The number of carbonyl (C=O) groups is 1. The standard InChI is InChI=1S/C17H15NO5/c1-11(19)21-7-2-8-22-13-4-6-15-17(10-13)23-16-9-12(20)3-5-14(16)18-15/h3-6,9-10H,2,7-8H2,1H3. The van der Waals surface area contributed by atoms with Crippen LogP contribution in [0.5, 0.6) is 5.75 Å². The summed E-state index contributed by atoms with van der Waals surface area (Å²) in [7, 11) is 0. The van der Waals surface area contributed by atoms with Crippen molar-refractivity contribution in [3.63, 3.8) is 0 Å². The van der Waals surface area contributed by atoms with E-state index in [9.17, 15) is 9.59 Å². The van der Waals surface area contributed by atoms with Crippen LogP contribution in [0.1, 0.15) is 13.3 Å². The molecule has 1 aromatic rings. The first-order valence-corrected chi connectivity index (χ1v) is 7.23. The molecule has 6 heteroatoms. The summed E-state index contributed by atoms with van der Waals surface area (Å²) in [6.45, 7) is 2.12. The van der Waals surface area contributed by atoms with Crippen LogP contribution in [-0.2, 0) is 9.53 Å². The van der Waals surface area contributed by atoms with Gasteiger partial charge in [-0.05, 0) is 24.3 Å². The Morgan fingerprint density at radius 1 is 1.17 bits per heavy atom. The third kappa shape index (κ3) is 3.66. The second-order valence-corrected chi connectivity index (χ2v) is 5.01. The van der Waals surface area contributed by atoms with Crippen molar-refractivity contribution >= 4 is 17.1 Å². The van der Waals surface area contributed by atoms with Crippen molar-refractivity contribution in [1.82, 2.24) is 4.98 Å². The van der Waals surface area contributed by atoms with Crippen LogP contribution >= 0.6 is 0 Å². The SMILES string of the molecule is CC(=O)OCCCOc1ccc2nc3ccc(=O)cc-3oc2c1. The van der Waals surface area contributed by atoms with E-state index in [2.05, 4.69) is 4.98 Å².